The third-order valence-corrected chi connectivity index (χ3v) is 6.12. The van der Waals surface area contributed by atoms with Gasteiger partial charge in [-0.25, -0.2) is 0 Å². The Kier molecular flexibility index (Phi) is 3.12. The molecule has 0 saturated heterocycles. The predicted molar refractivity (Wildman–Crippen MR) is 80.1 cm³/mol. The Morgan fingerprint density at radius 2 is 1.75 bits per heavy atom. The lowest BCUT2D eigenvalue weighted by Crippen LogP contribution is -2.58. The summed E-state index contributed by atoms with van der Waals surface area (Å²) in [6.07, 6.45) is 6.59. The Morgan fingerprint density at radius 3 is 2.40 bits per heavy atom. The number of aliphatic hydroxyl groups excluding tert-OH is 1. The van der Waals surface area contributed by atoms with E-state index in [1.807, 2.05) is 0 Å². The largest absolute Gasteiger partial charge is 0.396 e. The second kappa shape index (κ2) is 4.85. The highest BCUT2D eigenvalue weighted by atomic mass is 16.3. The van der Waals surface area contributed by atoms with Crippen LogP contribution in [0.4, 0.5) is 0 Å². The van der Waals surface area contributed by atoms with Crippen LogP contribution in [0.1, 0.15) is 37.7 Å². The summed E-state index contributed by atoms with van der Waals surface area (Å²) in [6, 6.07) is 11.4. The van der Waals surface area contributed by atoms with E-state index in [4.69, 9.17) is 0 Å². The fourth-order valence-electron chi connectivity index (χ4n) is 5.55. The monoisotopic (exact) mass is 271 g/mol. The first-order chi connectivity index (χ1) is 9.78. The molecule has 1 aromatic rings. The SMILES string of the molecule is OCC12CC3CC(C1)C(NCc1ccccc1)C(C3)C2. The molecular formula is C18H25NO. The second-order valence-electron chi connectivity index (χ2n) is 7.52. The van der Waals surface area contributed by atoms with Gasteiger partial charge in [0.25, 0.3) is 0 Å². The summed E-state index contributed by atoms with van der Waals surface area (Å²) >= 11 is 0. The molecule has 1 aromatic carbocycles. The highest BCUT2D eigenvalue weighted by Gasteiger charge is 2.54. The van der Waals surface area contributed by atoms with Gasteiger partial charge in [0, 0.05) is 19.2 Å². The van der Waals surface area contributed by atoms with Crippen LogP contribution in [-0.4, -0.2) is 17.8 Å². The van der Waals surface area contributed by atoms with Gasteiger partial charge in [0.1, 0.15) is 0 Å². The van der Waals surface area contributed by atoms with Crippen LogP contribution in [0.3, 0.4) is 0 Å². The lowest BCUT2D eigenvalue weighted by Gasteiger charge is -2.60. The summed E-state index contributed by atoms with van der Waals surface area (Å²) in [4.78, 5) is 0. The summed E-state index contributed by atoms with van der Waals surface area (Å²) in [6.45, 7) is 1.41. The topological polar surface area (TPSA) is 32.3 Å². The Bertz CT molecular complexity index is 456. The molecule has 0 spiro atoms. The summed E-state index contributed by atoms with van der Waals surface area (Å²) in [5, 5.41) is 13.6. The minimum absolute atomic E-state index is 0.293. The van der Waals surface area contributed by atoms with Gasteiger partial charge < -0.3 is 10.4 Å². The molecule has 0 heterocycles. The van der Waals surface area contributed by atoms with Crippen LogP contribution < -0.4 is 5.32 Å². The Balaban J connectivity index is 1.46. The maximum atomic E-state index is 9.81. The van der Waals surface area contributed by atoms with E-state index >= 15 is 0 Å². The first-order valence-corrected chi connectivity index (χ1v) is 8.16. The Labute approximate surface area is 121 Å². The Hall–Kier alpha value is -0.860. The second-order valence-corrected chi connectivity index (χ2v) is 7.52. The van der Waals surface area contributed by atoms with E-state index in [2.05, 4.69) is 35.6 Å². The van der Waals surface area contributed by atoms with Crippen LogP contribution in [0, 0.1) is 23.2 Å². The molecule has 4 saturated carbocycles. The van der Waals surface area contributed by atoms with Crippen molar-refractivity contribution in [1.29, 1.82) is 0 Å². The summed E-state index contributed by atoms with van der Waals surface area (Å²) in [7, 11) is 0. The van der Waals surface area contributed by atoms with Crippen LogP contribution in [0.5, 0.6) is 0 Å². The average molecular weight is 271 g/mol. The zero-order chi connectivity index (χ0) is 13.6. The van der Waals surface area contributed by atoms with Crippen molar-refractivity contribution >= 4 is 0 Å². The van der Waals surface area contributed by atoms with Crippen LogP contribution in [0.25, 0.3) is 0 Å². The molecule has 0 amide bonds. The quantitative estimate of drug-likeness (QED) is 0.882. The van der Waals surface area contributed by atoms with Gasteiger partial charge in [0.05, 0.1) is 0 Å². The number of nitrogens with one attached hydrogen (secondary N) is 1. The minimum atomic E-state index is 0.293. The number of hydrogen-bond acceptors (Lipinski definition) is 2. The smallest absolute Gasteiger partial charge is 0.0487 e. The van der Waals surface area contributed by atoms with Gasteiger partial charge in [-0.3, -0.25) is 0 Å². The van der Waals surface area contributed by atoms with E-state index in [0.29, 0.717) is 18.1 Å². The zero-order valence-corrected chi connectivity index (χ0v) is 12.1. The molecule has 4 fully saturated rings. The van der Waals surface area contributed by atoms with E-state index in [0.717, 1.165) is 24.3 Å². The van der Waals surface area contributed by atoms with Crippen molar-refractivity contribution in [2.75, 3.05) is 6.61 Å². The highest BCUT2D eigenvalue weighted by molar-refractivity contribution is 5.15. The molecule has 2 heteroatoms. The van der Waals surface area contributed by atoms with Gasteiger partial charge in [-0.15, -0.1) is 0 Å². The van der Waals surface area contributed by atoms with Crippen molar-refractivity contribution in [3.8, 4) is 0 Å². The number of aliphatic hydroxyl groups is 1. The molecule has 20 heavy (non-hydrogen) atoms. The maximum Gasteiger partial charge on any atom is 0.0487 e. The normalized spacial score (nSPS) is 42.0. The third-order valence-electron chi connectivity index (χ3n) is 6.12. The van der Waals surface area contributed by atoms with Crippen molar-refractivity contribution in [3.05, 3.63) is 35.9 Å². The van der Waals surface area contributed by atoms with Crippen LogP contribution in [0.15, 0.2) is 30.3 Å². The van der Waals surface area contributed by atoms with E-state index in [-0.39, 0.29) is 0 Å². The van der Waals surface area contributed by atoms with Gasteiger partial charge in [-0.2, -0.15) is 0 Å². The first-order valence-electron chi connectivity index (χ1n) is 8.16. The third kappa shape index (κ3) is 2.10. The maximum absolute atomic E-state index is 9.81. The van der Waals surface area contributed by atoms with Crippen molar-refractivity contribution < 1.29 is 5.11 Å². The molecule has 108 valence electrons. The zero-order valence-electron chi connectivity index (χ0n) is 12.1. The number of benzene rings is 1. The standard InChI is InChI=1S/C18H25NO/c20-12-18-8-14-6-15(9-18)17(16(7-14)10-18)19-11-13-4-2-1-3-5-13/h1-5,14-17,19-20H,6-12H2. The van der Waals surface area contributed by atoms with Gasteiger partial charge in [0.2, 0.25) is 0 Å². The lowest BCUT2D eigenvalue weighted by atomic mass is 9.48. The first kappa shape index (κ1) is 12.8. The van der Waals surface area contributed by atoms with E-state index < -0.39 is 0 Å². The van der Waals surface area contributed by atoms with E-state index in [1.165, 1.54) is 37.7 Å². The molecule has 4 aliphatic rings. The molecule has 2 N–H and O–H groups in total. The molecule has 4 bridgehead atoms. The van der Waals surface area contributed by atoms with Gasteiger partial charge in [-0.05, 0) is 60.8 Å². The predicted octanol–water partition coefficient (Wildman–Crippen LogP) is 2.96. The molecule has 5 rings (SSSR count). The van der Waals surface area contributed by atoms with E-state index in [9.17, 15) is 5.11 Å². The number of rotatable bonds is 4. The lowest BCUT2D eigenvalue weighted by molar-refractivity contribution is -0.0994. The van der Waals surface area contributed by atoms with E-state index in [1.54, 1.807) is 0 Å². The fraction of sp³-hybridized carbons (Fsp3) is 0.667. The van der Waals surface area contributed by atoms with Gasteiger partial charge in [0.15, 0.2) is 0 Å². The molecule has 0 radical (unpaired) electrons. The van der Waals surface area contributed by atoms with Crippen LogP contribution in [-0.2, 0) is 6.54 Å². The highest BCUT2D eigenvalue weighted by Crippen LogP contribution is 2.59. The van der Waals surface area contributed by atoms with Crippen LogP contribution >= 0.6 is 0 Å². The molecule has 2 atom stereocenters. The van der Waals surface area contributed by atoms with Crippen molar-refractivity contribution in [2.24, 2.45) is 23.2 Å². The molecule has 0 aliphatic heterocycles. The average Bonchev–Trinajstić information content (AvgIpc) is 2.47. The summed E-state index contributed by atoms with van der Waals surface area (Å²) in [5.41, 5.74) is 1.68. The minimum Gasteiger partial charge on any atom is -0.396 e. The molecule has 2 unspecified atom stereocenters. The summed E-state index contributed by atoms with van der Waals surface area (Å²) in [5.74, 6) is 2.50. The molecule has 4 aliphatic carbocycles. The summed E-state index contributed by atoms with van der Waals surface area (Å²) < 4.78 is 0. The van der Waals surface area contributed by atoms with Crippen molar-refractivity contribution in [1.82, 2.24) is 5.32 Å². The fourth-order valence-corrected chi connectivity index (χ4v) is 5.55. The van der Waals surface area contributed by atoms with Crippen molar-refractivity contribution in [2.45, 2.75) is 44.7 Å². The Morgan fingerprint density at radius 1 is 1.05 bits per heavy atom. The molecular weight excluding hydrogens is 246 g/mol. The van der Waals surface area contributed by atoms with Gasteiger partial charge in [-0.1, -0.05) is 30.3 Å². The molecule has 0 aromatic heterocycles. The number of hydrogen-bond donors (Lipinski definition) is 2. The van der Waals surface area contributed by atoms with Crippen molar-refractivity contribution in [3.63, 3.8) is 0 Å². The molecule has 2 nitrogen and oxygen atoms in total. The van der Waals surface area contributed by atoms with Gasteiger partial charge >= 0.3 is 0 Å². The van der Waals surface area contributed by atoms with Crippen LogP contribution in [0.2, 0.25) is 0 Å².